The first-order chi connectivity index (χ1) is 10.7. The van der Waals surface area contributed by atoms with E-state index >= 15 is 0 Å². The van der Waals surface area contributed by atoms with E-state index in [4.69, 9.17) is 21.1 Å². The summed E-state index contributed by atoms with van der Waals surface area (Å²) in [5.74, 6) is 1.27. The molecule has 2 rings (SSSR count). The summed E-state index contributed by atoms with van der Waals surface area (Å²) in [6.07, 6.45) is 0. The van der Waals surface area contributed by atoms with E-state index < -0.39 is 0 Å². The molecule has 22 heavy (non-hydrogen) atoms. The molecule has 0 aliphatic carbocycles. The van der Waals surface area contributed by atoms with E-state index in [-0.39, 0.29) is 6.04 Å². The van der Waals surface area contributed by atoms with Gasteiger partial charge in [0.2, 0.25) is 0 Å². The van der Waals surface area contributed by atoms with Crippen LogP contribution in [0.5, 0.6) is 11.5 Å². The Labute approximate surface area is 137 Å². The molecule has 0 amide bonds. The van der Waals surface area contributed by atoms with E-state index in [1.807, 2.05) is 37.3 Å². The third kappa shape index (κ3) is 4.15. The Morgan fingerprint density at radius 3 is 2.55 bits per heavy atom. The zero-order valence-corrected chi connectivity index (χ0v) is 14.0. The quantitative estimate of drug-likeness (QED) is 0.809. The first-order valence-electron chi connectivity index (χ1n) is 7.43. The zero-order valence-electron chi connectivity index (χ0n) is 13.2. The van der Waals surface area contributed by atoms with Gasteiger partial charge in [-0.1, -0.05) is 41.9 Å². The summed E-state index contributed by atoms with van der Waals surface area (Å²) >= 11 is 6.27. The van der Waals surface area contributed by atoms with Crippen molar-refractivity contribution in [3.8, 4) is 11.5 Å². The molecular weight excluding hydrogens is 298 g/mol. The number of methoxy groups -OCH3 is 1. The normalized spacial score (nSPS) is 12.0. The zero-order chi connectivity index (χ0) is 15.9. The second-order valence-electron chi connectivity index (χ2n) is 5.06. The fourth-order valence-electron chi connectivity index (χ4n) is 2.31. The molecule has 0 bridgehead atoms. The van der Waals surface area contributed by atoms with Crippen molar-refractivity contribution in [2.75, 3.05) is 13.7 Å². The van der Waals surface area contributed by atoms with Crippen LogP contribution in [0.1, 0.15) is 31.0 Å². The van der Waals surface area contributed by atoms with Gasteiger partial charge in [-0.3, -0.25) is 0 Å². The first kappa shape index (κ1) is 16.7. The van der Waals surface area contributed by atoms with E-state index in [9.17, 15) is 0 Å². The minimum Gasteiger partial charge on any atom is -0.491 e. The molecule has 0 heterocycles. The van der Waals surface area contributed by atoms with Crippen LogP contribution in [0.4, 0.5) is 0 Å². The highest BCUT2D eigenvalue weighted by atomic mass is 35.5. The number of benzene rings is 2. The monoisotopic (exact) mass is 319 g/mol. The van der Waals surface area contributed by atoms with Gasteiger partial charge in [0.05, 0.1) is 18.7 Å². The lowest BCUT2D eigenvalue weighted by Crippen LogP contribution is -2.18. The summed E-state index contributed by atoms with van der Waals surface area (Å²) in [5, 5.41) is 4.06. The fraction of sp³-hybridized carbons (Fsp3) is 0.333. The van der Waals surface area contributed by atoms with Gasteiger partial charge in [0.25, 0.3) is 0 Å². The predicted molar refractivity (Wildman–Crippen MR) is 90.9 cm³/mol. The van der Waals surface area contributed by atoms with Crippen molar-refractivity contribution < 1.29 is 9.47 Å². The number of nitrogens with one attached hydrogen (secondary N) is 1. The van der Waals surface area contributed by atoms with Crippen molar-refractivity contribution in [3.05, 3.63) is 58.6 Å². The smallest absolute Gasteiger partial charge is 0.179 e. The lowest BCUT2D eigenvalue weighted by molar-refractivity contribution is 0.310. The molecule has 0 unspecified atom stereocenters. The first-order valence-corrected chi connectivity index (χ1v) is 7.81. The van der Waals surface area contributed by atoms with Crippen LogP contribution in [0.2, 0.25) is 5.02 Å². The molecule has 0 fully saturated rings. The maximum Gasteiger partial charge on any atom is 0.179 e. The van der Waals surface area contributed by atoms with Gasteiger partial charge in [-0.15, -0.1) is 0 Å². The molecule has 1 N–H and O–H groups in total. The van der Waals surface area contributed by atoms with Crippen molar-refractivity contribution in [2.45, 2.75) is 26.4 Å². The third-order valence-electron chi connectivity index (χ3n) is 3.49. The molecule has 2 aromatic carbocycles. The van der Waals surface area contributed by atoms with Gasteiger partial charge < -0.3 is 14.8 Å². The molecular formula is C18H22ClNO2. The molecule has 4 heteroatoms. The van der Waals surface area contributed by atoms with Crippen LogP contribution < -0.4 is 14.8 Å². The topological polar surface area (TPSA) is 30.5 Å². The Bertz CT molecular complexity index is 602. The van der Waals surface area contributed by atoms with E-state index in [1.54, 1.807) is 7.11 Å². The van der Waals surface area contributed by atoms with Crippen LogP contribution in [0.3, 0.4) is 0 Å². The molecule has 3 nitrogen and oxygen atoms in total. The Hall–Kier alpha value is -1.71. The van der Waals surface area contributed by atoms with Gasteiger partial charge in [0.15, 0.2) is 11.5 Å². The number of hydrogen-bond donors (Lipinski definition) is 1. The standard InChI is InChI=1S/C18H22ClNO2/c1-4-22-17-11-14(10-16(19)18(17)21-3)12-20-13(2)15-8-6-5-7-9-15/h5-11,13,20H,4,12H2,1-3H3/t13-/m0/s1. The summed E-state index contributed by atoms with van der Waals surface area (Å²) < 4.78 is 10.9. The van der Waals surface area contributed by atoms with E-state index in [2.05, 4.69) is 24.4 Å². The second kappa shape index (κ2) is 8.06. The van der Waals surface area contributed by atoms with Gasteiger partial charge in [-0.05, 0) is 37.1 Å². The molecule has 1 atom stereocenters. The van der Waals surface area contributed by atoms with Gasteiger partial charge in [-0.2, -0.15) is 0 Å². The molecule has 0 aliphatic rings. The summed E-state index contributed by atoms with van der Waals surface area (Å²) in [5.41, 5.74) is 2.32. The molecule has 0 radical (unpaired) electrons. The van der Waals surface area contributed by atoms with Crippen molar-refractivity contribution in [3.63, 3.8) is 0 Å². The molecule has 118 valence electrons. The van der Waals surface area contributed by atoms with Crippen LogP contribution in [0.25, 0.3) is 0 Å². The number of ether oxygens (including phenoxy) is 2. The summed E-state index contributed by atoms with van der Waals surface area (Å²) in [4.78, 5) is 0. The highest BCUT2D eigenvalue weighted by molar-refractivity contribution is 6.32. The van der Waals surface area contributed by atoms with Gasteiger partial charge in [-0.25, -0.2) is 0 Å². The van der Waals surface area contributed by atoms with Crippen LogP contribution in [0, 0.1) is 0 Å². The Kier molecular flexibility index (Phi) is 6.10. The van der Waals surface area contributed by atoms with Gasteiger partial charge in [0, 0.05) is 12.6 Å². The Morgan fingerprint density at radius 1 is 1.18 bits per heavy atom. The van der Waals surface area contributed by atoms with E-state index in [0.717, 1.165) is 5.56 Å². The van der Waals surface area contributed by atoms with Crippen molar-refractivity contribution in [2.24, 2.45) is 0 Å². The van der Waals surface area contributed by atoms with Crippen molar-refractivity contribution >= 4 is 11.6 Å². The SMILES string of the molecule is CCOc1cc(CN[C@@H](C)c2ccccc2)cc(Cl)c1OC. The summed E-state index contributed by atoms with van der Waals surface area (Å²) in [7, 11) is 1.60. The second-order valence-corrected chi connectivity index (χ2v) is 5.46. The van der Waals surface area contributed by atoms with Crippen LogP contribution in [-0.4, -0.2) is 13.7 Å². The Morgan fingerprint density at radius 2 is 1.91 bits per heavy atom. The van der Waals surface area contributed by atoms with Gasteiger partial charge in [0.1, 0.15) is 0 Å². The number of halogens is 1. The Balaban J connectivity index is 2.09. The number of rotatable bonds is 7. The summed E-state index contributed by atoms with van der Waals surface area (Å²) in [6, 6.07) is 14.5. The molecule has 0 saturated heterocycles. The van der Waals surface area contributed by atoms with Crippen LogP contribution in [0.15, 0.2) is 42.5 Å². The third-order valence-corrected chi connectivity index (χ3v) is 3.77. The highest BCUT2D eigenvalue weighted by Gasteiger charge is 2.12. The minimum atomic E-state index is 0.262. The average Bonchev–Trinajstić information content (AvgIpc) is 2.53. The lowest BCUT2D eigenvalue weighted by Gasteiger charge is -2.16. The average molecular weight is 320 g/mol. The lowest BCUT2D eigenvalue weighted by atomic mass is 10.1. The minimum absolute atomic E-state index is 0.262. The molecule has 2 aromatic rings. The molecule has 0 saturated carbocycles. The molecule has 0 spiro atoms. The maximum atomic E-state index is 6.27. The maximum absolute atomic E-state index is 6.27. The van der Waals surface area contributed by atoms with Crippen LogP contribution >= 0.6 is 11.6 Å². The highest BCUT2D eigenvalue weighted by Crippen LogP contribution is 2.36. The molecule has 0 aromatic heterocycles. The van der Waals surface area contributed by atoms with Crippen LogP contribution in [-0.2, 0) is 6.54 Å². The fourth-order valence-corrected chi connectivity index (χ4v) is 2.63. The number of hydrogen-bond acceptors (Lipinski definition) is 3. The largest absolute Gasteiger partial charge is 0.491 e. The van der Waals surface area contributed by atoms with Gasteiger partial charge >= 0.3 is 0 Å². The predicted octanol–water partition coefficient (Wildman–Crippen LogP) is 4.60. The van der Waals surface area contributed by atoms with E-state index in [0.29, 0.717) is 29.7 Å². The molecule has 0 aliphatic heterocycles. The summed E-state index contributed by atoms with van der Waals surface area (Å²) in [6.45, 7) is 5.36. The van der Waals surface area contributed by atoms with Crippen molar-refractivity contribution in [1.29, 1.82) is 0 Å². The van der Waals surface area contributed by atoms with Crippen molar-refractivity contribution in [1.82, 2.24) is 5.32 Å². The van der Waals surface area contributed by atoms with E-state index in [1.165, 1.54) is 5.56 Å².